The second-order valence-electron chi connectivity index (χ2n) is 4.32. The first-order chi connectivity index (χ1) is 9.65. The zero-order chi connectivity index (χ0) is 14.1. The van der Waals surface area contributed by atoms with E-state index in [-0.39, 0.29) is 11.7 Å². The summed E-state index contributed by atoms with van der Waals surface area (Å²) in [7, 11) is 0. The quantitative estimate of drug-likeness (QED) is 0.779. The van der Waals surface area contributed by atoms with Crippen LogP contribution in [0.15, 0.2) is 45.7 Å². The number of para-hydroxylation sites is 1. The van der Waals surface area contributed by atoms with E-state index in [0.29, 0.717) is 11.3 Å². The molecule has 0 unspecified atom stereocenters. The molecule has 100 valence electrons. The van der Waals surface area contributed by atoms with E-state index >= 15 is 0 Å². The predicted molar refractivity (Wildman–Crippen MR) is 78.6 cm³/mol. The van der Waals surface area contributed by atoms with Gasteiger partial charge in [-0.05, 0) is 35.0 Å². The smallest absolute Gasteiger partial charge is 0.294 e. The Hall–Kier alpha value is -2.21. The number of carbonyl (C=O) groups excluding carboxylic acids is 1. The normalized spacial score (nSPS) is 10.7. The Morgan fingerprint density at radius 3 is 2.95 bits per heavy atom. The molecule has 3 aromatic rings. The van der Waals surface area contributed by atoms with Crippen LogP contribution in [0.3, 0.4) is 0 Å². The van der Waals surface area contributed by atoms with E-state index in [1.165, 1.54) is 6.20 Å². The molecule has 5 nitrogen and oxygen atoms in total. The fourth-order valence-electron chi connectivity index (χ4n) is 1.92. The maximum atomic E-state index is 12.1. The number of benzene rings is 1. The van der Waals surface area contributed by atoms with Crippen LogP contribution in [0.4, 0.5) is 5.69 Å². The molecule has 1 amide bonds. The molecule has 2 aromatic heterocycles. The van der Waals surface area contributed by atoms with E-state index in [9.17, 15) is 4.79 Å². The number of aryl methyl sites for hydroxylation is 1. The van der Waals surface area contributed by atoms with Crippen molar-refractivity contribution in [3.63, 3.8) is 0 Å². The highest BCUT2D eigenvalue weighted by atomic mass is 79.9. The van der Waals surface area contributed by atoms with Crippen molar-refractivity contribution in [2.24, 2.45) is 0 Å². The van der Waals surface area contributed by atoms with E-state index < -0.39 is 0 Å². The van der Waals surface area contributed by atoms with Crippen LogP contribution in [0.2, 0.25) is 0 Å². The molecule has 0 radical (unpaired) electrons. The number of rotatable bonds is 2. The standard InChI is InChI=1S/C14H10BrN3O2/c1-8-6-17-20-13(8)14(19)18-11-4-2-3-9-5-10(15)7-16-12(9)11/h2-7H,1H3,(H,18,19). The molecule has 0 atom stereocenters. The van der Waals surface area contributed by atoms with Gasteiger partial charge in [-0.1, -0.05) is 17.3 Å². The monoisotopic (exact) mass is 331 g/mol. The third-order valence-corrected chi connectivity index (χ3v) is 3.31. The fraction of sp³-hybridized carbons (Fsp3) is 0.0714. The van der Waals surface area contributed by atoms with E-state index in [4.69, 9.17) is 4.52 Å². The zero-order valence-electron chi connectivity index (χ0n) is 10.6. The summed E-state index contributed by atoms with van der Waals surface area (Å²) in [5.74, 6) is -0.128. The Kier molecular flexibility index (Phi) is 3.23. The van der Waals surface area contributed by atoms with Crippen molar-refractivity contribution >= 4 is 38.4 Å². The van der Waals surface area contributed by atoms with Crippen LogP contribution >= 0.6 is 15.9 Å². The van der Waals surface area contributed by atoms with Gasteiger partial charge in [0.1, 0.15) is 0 Å². The molecule has 0 saturated carbocycles. The Bertz CT molecular complexity index is 798. The fourth-order valence-corrected chi connectivity index (χ4v) is 2.27. The Labute approximate surface area is 123 Å². The lowest BCUT2D eigenvalue weighted by atomic mass is 10.2. The topological polar surface area (TPSA) is 68.0 Å². The van der Waals surface area contributed by atoms with Crippen molar-refractivity contribution in [3.05, 3.63) is 52.5 Å². The number of nitrogens with one attached hydrogen (secondary N) is 1. The van der Waals surface area contributed by atoms with Gasteiger partial charge in [-0.25, -0.2) is 0 Å². The maximum absolute atomic E-state index is 12.1. The summed E-state index contributed by atoms with van der Waals surface area (Å²) in [4.78, 5) is 16.5. The van der Waals surface area contributed by atoms with Crippen LogP contribution < -0.4 is 5.32 Å². The predicted octanol–water partition coefficient (Wildman–Crippen LogP) is 3.55. The SMILES string of the molecule is Cc1cnoc1C(=O)Nc1cccc2cc(Br)cnc12. The molecule has 0 saturated heterocycles. The summed E-state index contributed by atoms with van der Waals surface area (Å²) in [5.41, 5.74) is 2.05. The number of nitrogens with zero attached hydrogens (tertiary/aromatic N) is 2. The van der Waals surface area contributed by atoms with Gasteiger partial charge in [-0.2, -0.15) is 0 Å². The number of hydrogen-bond donors (Lipinski definition) is 1. The second-order valence-corrected chi connectivity index (χ2v) is 5.24. The number of anilines is 1. The number of amides is 1. The molecule has 0 aliphatic carbocycles. The number of aromatic nitrogens is 2. The molecular weight excluding hydrogens is 322 g/mol. The van der Waals surface area contributed by atoms with Crippen molar-refractivity contribution in [1.29, 1.82) is 0 Å². The molecule has 0 bridgehead atoms. The lowest BCUT2D eigenvalue weighted by molar-refractivity contribution is 0.0987. The van der Waals surface area contributed by atoms with Crippen LogP contribution in [-0.4, -0.2) is 16.0 Å². The molecule has 0 spiro atoms. The Morgan fingerprint density at radius 2 is 2.20 bits per heavy atom. The summed E-state index contributed by atoms with van der Waals surface area (Å²) in [6, 6.07) is 7.53. The van der Waals surface area contributed by atoms with Crippen molar-refractivity contribution in [2.75, 3.05) is 5.32 Å². The van der Waals surface area contributed by atoms with Crippen LogP contribution in [0.25, 0.3) is 10.9 Å². The lowest BCUT2D eigenvalue weighted by Gasteiger charge is -2.07. The Morgan fingerprint density at radius 1 is 1.35 bits per heavy atom. The molecule has 3 rings (SSSR count). The number of hydrogen-bond acceptors (Lipinski definition) is 4. The van der Waals surface area contributed by atoms with Crippen molar-refractivity contribution in [2.45, 2.75) is 6.92 Å². The first-order valence-corrected chi connectivity index (χ1v) is 6.71. The van der Waals surface area contributed by atoms with Crippen molar-refractivity contribution in [3.8, 4) is 0 Å². The molecular formula is C14H10BrN3O2. The second kappa shape index (κ2) is 5.05. The highest BCUT2D eigenvalue weighted by molar-refractivity contribution is 9.10. The minimum absolute atomic E-state index is 0.208. The van der Waals surface area contributed by atoms with E-state index in [2.05, 4.69) is 31.4 Å². The van der Waals surface area contributed by atoms with Crippen LogP contribution in [0.1, 0.15) is 16.1 Å². The van der Waals surface area contributed by atoms with Gasteiger partial charge in [-0.15, -0.1) is 0 Å². The zero-order valence-corrected chi connectivity index (χ0v) is 12.1. The van der Waals surface area contributed by atoms with E-state index in [1.54, 1.807) is 19.2 Å². The first-order valence-electron chi connectivity index (χ1n) is 5.92. The van der Waals surface area contributed by atoms with Crippen LogP contribution in [0, 0.1) is 6.92 Å². The van der Waals surface area contributed by atoms with Gasteiger partial charge in [0.25, 0.3) is 5.91 Å². The molecule has 20 heavy (non-hydrogen) atoms. The maximum Gasteiger partial charge on any atom is 0.294 e. The number of carbonyl (C=O) groups is 1. The average molecular weight is 332 g/mol. The van der Waals surface area contributed by atoms with Gasteiger partial charge in [-0.3, -0.25) is 9.78 Å². The Balaban J connectivity index is 1.99. The minimum Gasteiger partial charge on any atom is -0.351 e. The molecule has 0 aliphatic heterocycles. The summed E-state index contributed by atoms with van der Waals surface area (Å²) in [6.07, 6.45) is 3.20. The minimum atomic E-state index is -0.336. The number of fused-ring (bicyclic) bond motifs is 1. The van der Waals surface area contributed by atoms with Gasteiger partial charge in [0, 0.05) is 21.6 Å². The third-order valence-electron chi connectivity index (χ3n) is 2.88. The molecule has 2 heterocycles. The highest BCUT2D eigenvalue weighted by Crippen LogP contribution is 2.24. The van der Waals surface area contributed by atoms with Gasteiger partial charge in [0.15, 0.2) is 0 Å². The average Bonchev–Trinajstić information content (AvgIpc) is 2.85. The first kappa shape index (κ1) is 12.8. The highest BCUT2D eigenvalue weighted by Gasteiger charge is 2.15. The van der Waals surface area contributed by atoms with E-state index in [0.717, 1.165) is 15.4 Å². The molecule has 6 heteroatoms. The molecule has 0 aliphatic rings. The number of halogens is 1. The summed E-state index contributed by atoms with van der Waals surface area (Å²) < 4.78 is 5.83. The van der Waals surface area contributed by atoms with Gasteiger partial charge < -0.3 is 9.84 Å². The van der Waals surface area contributed by atoms with Gasteiger partial charge in [0.2, 0.25) is 5.76 Å². The summed E-state index contributed by atoms with van der Waals surface area (Å²) in [5, 5.41) is 7.33. The molecule has 0 fully saturated rings. The van der Waals surface area contributed by atoms with Crippen molar-refractivity contribution < 1.29 is 9.32 Å². The van der Waals surface area contributed by atoms with Crippen molar-refractivity contribution in [1.82, 2.24) is 10.1 Å². The van der Waals surface area contributed by atoms with Crippen LogP contribution in [-0.2, 0) is 0 Å². The van der Waals surface area contributed by atoms with E-state index in [1.807, 2.05) is 18.2 Å². The third kappa shape index (κ3) is 2.30. The molecule has 1 aromatic carbocycles. The lowest BCUT2D eigenvalue weighted by Crippen LogP contribution is -2.12. The summed E-state index contributed by atoms with van der Waals surface area (Å²) in [6.45, 7) is 1.77. The van der Waals surface area contributed by atoms with Gasteiger partial charge in [0.05, 0.1) is 17.4 Å². The van der Waals surface area contributed by atoms with Gasteiger partial charge >= 0.3 is 0 Å². The largest absolute Gasteiger partial charge is 0.351 e. The summed E-state index contributed by atoms with van der Waals surface area (Å²) >= 11 is 3.38. The number of pyridine rings is 1. The molecule has 1 N–H and O–H groups in total. The van der Waals surface area contributed by atoms with Crippen LogP contribution in [0.5, 0.6) is 0 Å².